The molecule has 17 heavy (non-hydrogen) atoms. The number of esters is 1. The van der Waals surface area contributed by atoms with Crippen LogP contribution in [0, 0.1) is 0 Å². The zero-order valence-corrected chi connectivity index (χ0v) is 10.4. The van der Waals surface area contributed by atoms with Crippen LogP contribution >= 0.6 is 0 Å². The van der Waals surface area contributed by atoms with E-state index in [0.717, 1.165) is 19.6 Å². The van der Waals surface area contributed by atoms with Crippen molar-refractivity contribution >= 4 is 11.9 Å². The lowest BCUT2D eigenvalue weighted by Crippen LogP contribution is -2.53. The number of cyclic esters (lactones) is 1. The third-order valence-electron chi connectivity index (χ3n) is 3.45. The molecule has 0 aromatic carbocycles. The minimum absolute atomic E-state index is 0.154. The van der Waals surface area contributed by atoms with Crippen LogP contribution in [0.5, 0.6) is 0 Å². The molecular formula is C12H20N2O3. The summed E-state index contributed by atoms with van der Waals surface area (Å²) in [4.78, 5) is 26.7. The van der Waals surface area contributed by atoms with Crippen molar-refractivity contribution in [2.24, 2.45) is 0 Å². The molecule has 2 aliphatic rings. The molecule has 5 nitrogen and oxygen atoms in total. The van der Waals surface area contributed by atoms with Crippen LogP contribution in [0.3, 0.4) is 0 Å². The zero-order valence-electron chi connectivity index (χ0n) is 10.4. The Morgan fingerprint density at radius 1 is 1.24 bits per heavy atom. The molecule has 2 rings (SSSR count). The van der Waals surface area contributed by atoms with Crippen molar-refractivity contribution < 1.29 is 14.3 Å². The summed E-state index contributed by atoms with van der Waals surface area (Å²) in [5.74, 6) is -1.19. The fourth-order valence-corrected chi connectivity index (χ4v) is 2.49. The van der Waals surface area contributed by atoms with Gasteiger partial charge >= 0.3 is 11.9 Å². The Morgan fingerprint density at radius 3 is 2.59 bits per heavy atom. The van der Waals surface area contributed by atoms with Gasteiger partial charge in [-0.2, -0.15) is 0 Å². The molecule has 0 N–H and O–H groups in total. The first-order chi connectivity index (χ1) is 8.20. The Kier molecular flexibility index (Phi) is 3.99. The van der Waals surface area contributed by atoms with Gasteiger partial charge in [0.2, 0.25) is 0 Å². The van der Waals surface area contributed by atoms with Gasteiger partial charge in [-0.25, -0.2) is 4.79 Å². The van der Waals surface area contributed by atoms with Crippen LogP contribution in [-0.4, -0.2) is 60.5 Å². The Labute approximate surface area is 102 Å². The predicted molar refractivity (Wildman–Crippen MR) is 62.4 cm³/mol. The normalized spacial score (nSPS) is 27.1. The SMILES string of the molecule is CCN1CC(CN2CCCCC2)OC(=O)C1=O. The second-order valence-electron chi connectivity index (χ2n) is 4.73. The van der Waals surface area contributed by atoms with Crippen LogP contribution in [0.15, 0.2) is 0 Å². The highest BCUT2D eigenvalue weighted by Crippen LogP contribution is 2.13. The van der Waals surface area contributed by atoms with E-state index in [1.807, 2.05) is 6.92 Å². The molecule has 2 saturated heterocycles. The summed E-state index contributed by atoms with van der Waals surface area (Å²) < 4.78 is 5.16. The molecule has 1 atom stereocenters. The van der Waals surface area contributed by atoms with Crippen molar-refractivity contribution in [3.63, 3.8) is 0 Å². The number of carbonyl (C=O) groups excluding carboxylic acids is 2. The van der Waals surface area contributed by atoms with Gasteiger partial charge in [-0.15, -0.1) is 0 Å². The van der Waals surface area contributed by atoms with Crippen molar-refractivity contribution in [2.45, 2.75) is 32.3 Å². The van der Waals surface area contributed by atoms with Gasteiger partial charge in [-0.05, 0) is 32.9 Å². The number of morpholine rings is 1. The number of rotatable bonds is 3. The van der Waals surface area contributed by atoms with Gasteiger partial charge in [0.15, 0.2) is 0 Å². The Morgan fingerprint density at radius 2 is 1.94 bits per heavy atom. The molecule has 0 bridgehead atoms. The summed E-state index contributed by atoms with van der Waals surface area (Å²) in [7, 11) is 0. The highest BCUT2D eigenvalue weighted by molar-refractivity contribution is 6.32. The molecule has 5 heteroatoms. The largest absolute Gasteiger partial charge is 0.452 e. The molecule has 0 aliphatic carbocycles. The number of carbonyl (C=O) groups is 2. The first-order valence-electron chi connectivity index (χ1n) is 6.43. The molecule has 2 heterocycles. The highest BCUT2D eigenvalue weighted by atomic mass is 16.6. The number of hydrogen-bond donors (Lipinski definition) is 0. The standard InChI is InChI=1S/C12H20N2O3/c1-2-14-9-10(17-12(16)11(14)15)8-13-6-4-3-5-7-13/h10H,2-9H2,1H3. The van der Waals surface area contributed by atoms with E-state index in [1.54, 1.807) is 4.90 Å². The monoisotopic (exact) mass is 240 g/mol. The van der Waals surface area contributed by atoms with Gasteiger partial charge in [-0.1, -0.05) is 6.42 Å². The maximum absolute atomic E-state index is 11.4. The molecule has 2 aliphatic heterocycles. The van der Waals surface area contributed by atoms with E-state index in [4.69, 9.17) is 4.74 Å². The minimum atomic E-state index is -0.694. The molecule has 0 saturated carbocycles. The van der Waals surface area contributed by atoms with Crippen LogP contribution in [0.25, 0.3) is 0 Å². The van der Waals surface area contributed by atoms with E-state index in [0.29, 0.717) is 13.1 Å². The van der Waals surface area contributed by atoms with E-state index >= 15 is 0 Å². The van der Waals surface area contributed by atoms with Gasteiger partial charge in [0.05, 0.1) is 6.54 Å². The van der Waals surface area contributed by atoms with Crippen LogP contribution < -0.4 is 0 Å². The fourth-order valence-electron chi connectivity index (χ4n) is 2.49. The van der Waals surface area contributed by atoms with Gasteiger partial charge in [0.25, 0.3) is 0 Å². The van der Waals surface area contributed by atoms with Crippen molar-refractivity contribution in [2.75, 3.05) is 32.7 Å². The summed E-state index contributed by atoms with van der Waals surface area (Å²) >= 11 is 0. The second kappa shape index (κ2) is 5.49. The van der Waals surface area contributed by atoms with E-state index in [9.17, 15) is 9.59 Å². The third kappa shape index (κ3) is 2.97. The lowest BCUT2D eigenvalue weighted by atomic mass is 10.1. The Hall–Kier alpha value is -1.10. The summed E-state index contributed by atoms with van der Waals surface area (Å²) in [6.07, 6.45) is 3.58. The molecule has 0 aromatic heterocycles. The van der Waals surface area contributed by atoms with Gasteiger partial charge < -0.3 is 9.64 Å². The van der Waals surface area contributed by atoms with Crippen LogP contribution in [0.2, 0.25) is 0 Å². The number of amides is 1. The number of nitrogens with zero attached hydrogens (tertiary/aromatic N) is 2. The number of piperidine rings is 1. The lowest BCUT2D eigenvalue weighted by Gasteiger charge is -2.35. The van der Waals surface area contributed by atoms with Gasteiger partial charge in [-0.3, -0.25) is 9.69 Å². The third-order valence-corrected chi connectivity index (χ3v) is 3.45. The predicted octanol–water partition coefficient (Wildman–Crippen LogP) is 0.246. The van der Waals surface area contributed by atoms with Crippen LogP contribution in [-0.2, 0) is 14.3 Å². The molecule has 0 aromatic rings. The first kappa shape index (κ1) is 12.4. The number of likely N-dealkylation sites (tertiary alicyclic amines) is 1. The van der Waals surface area contributed by atoms with Crippen molar-refractivity contribution in [3.05, 3.63) is 0 Å². The van der Waals surface area contributed by atoms with Gasteiger partial charge in [0.1, 0.15) is 6.10 Å². The maximum Gasteiger partial charge on any atom is 0.397 e. The highest BCUT2D eigenvalue weighted by Gasteiger charge is 2.34. The molecule has 96 valence electrons. The second-order valence-corrected chi connectivity index (χ2v) is 4.73. The smallest absolute Gasteiger partial charge is 0.397 e. The number of likely N-dealkylation sites (N-methyl/N-ethyl adjacent to an activating group) is 1. The Balaban J connectivity index is 1.88. The number of hydrogen-bond acceptors (Lipinski definition) is 4. The summed E-state index contributed by atoms with van der Waals surface area (Å²) in [6.45, 7) is 5.91. The minimum Gasteiger partial charge on any atom is -0.452 e. The lowest BCUT2D eigenvalue weighted by molar-refractivity contribution is -0.173. The van der Waals surface area contributed by atoms with Crippen LogP contribution in [0.1, 0.15) is 26.2 Å². The topological polar surface area (TPSA) is 49.9 Å². The molecule has 0 spiro atoms. The molecule has 2 fully saturated rings. The average molecular weight is 240 g/mol. The van der Waals surface area contributed by atoms with Crippen LogP contribution in [0.4, 0.5) is 0 Å². The summed E-state index contributed by atoms with van der Waals surface area (Å²) in [5, 5.41) is 0. The molecular weight excluding hydrogens is 220 g/mol. The van der Waals surface area contributed by atoms with Gasteiger partial charge in [0, 0.05) is 13.1 Å². The van der Waals surface area contributed by atoms with E-state index < -0.39 is 11.9 Å². The van der Waals surface area contributed by atoms with Crippen molar-refractivity contribution in [3.8, 4) is 0 Å². The van der Waals surface area contributed by atoms with E-state index in [1.165, 1.54) is 19.3 Å². The average Bonchev–Trinajstić information content (AvgIpc) is 2.35. The summed E-state index contributed by atoms with van der Waals surface area (Å²) in [5.41, 5.74) is 0. The van der Waals surface area contributed by atoms with Crippen molar-refractivity contribution in [1.29, 1.82) is 0 Å². The quantitative estimate of drug-likeness (QED) is 0.524. The first-order valence-corrected chi connectivity index (χ1v) is 6.43. The molecule has 0 radical (unpaired) electrons. The fraction of sp³-hybridized carbons (Fsp3) is 0.833. The van der Waals surface area contributed by atoms with E-state index in [-0.39, 0.29) is 6.10 Å². The molecule has 1 unspecified atom stereocenters. The zero-order chi connectivity index (χ0) is 12.3. The maximum atomic E-state index is 11.4. The number of ether oxygens (including phenoxy) is 1. The summed E-state index contributed by atoms with van der Waals surface area (Å²) in [6, 6.07) is 0. The van der Waals surface area contributed by atoms with Crippen molar-refractivity contribution in [1.82, 2.24) is 9.80 Å². The molecule has 1 amide bonds. The Bertz CT molecular complexity index is 300. The van der Waals surface area contributed by atoms with E-state index in [2.05, 4.69) is 4.90 Å².